The number of nitrogens with one attached hydrogen (secondary N) is 1. The molecule has 0 fully saturated rings. The Kier molecular flexibility index (Phi) is 4.56. The first-order chi connectivity index (χ1) is 9.15. The van der Waals surface area contributed by atoms with Crippen LogP contribution in [0, 0.1) is 12.7 Å². The van der Waals surface area contributed by atoms with Crippen LogP contribution in [-0.4, -0.2) is 6.04 Å². The summed E-state index contributed by atoms with van der Waals surface area (Å²) < 4.78 is 13.6. The lowest BCUT2D eigenvalue weighted by Gasteiger charge is -2.16. The number of aryl methyl sites for hydroxylation is 2. The number of rotatable bonds is 5. The van der Waals surface area contributed by atoms with E-state index in [1.807, 2.05) is 31.2 Å². The zero-order chi connectivity index (χ0) is 13.7. The molecular weight excluding hydrogens is 237 g/mol. The van der Waals surface area contributed by atoms with Crippen LogP contribution in [0.1, 0.15) is 24.5 Å². The monoisotopic (exact) mass is 257 g/mol. The number of hydrogen-bond donors (Lipinski definition) is 1. The van der Waals surface area contributed by atoms with E-state index in [2.05, 4.69) is 24.4 Å². The lowest BCUT2D eigenvalue weighted by molar-refractivity contribution is 0.621. The fourth-order valence-corrected chi connectivity index (χ4v) is 2.12. The van der Waals surface area contributed by atoms with E-state index in [-0.39, 0.29) is 11.9 Å². The van der Waals surface area contributed by atoms with Gasteiger partial charge in [-0.25, -0.2) is 4.39 Å². The van der Waals surface area contributed by atoms with E-state index in [4.69, 9.17) is 0 Å². The van der Waals surface area contributed by atoms with Gasteiger partial charge in [0.25, 0.3) is 0 Å². The maximum absolute atomic E-state index is 13.6. The second-order valence-corrected chi connectivity index (χ2v) is 5.05. The van der Waals surface area contributed by atoms with Crippen LogP contribution in [0.5, 0.6) is 0 Å². The highest BCUT2D eigenvalue weighted by atomic mass is 19.1. The second-order valence-electron chi connectivity index (χ2n) is 5.05. The van der Waals surface area contributed by atoms with Crippen LogP contribution < -0.4 is 5.32 Å². The molecule has 1 atom stereocenters. The molecule has 0 aromatic heterocycles. The molecule has 0 saturated heterocycles. The van der Waals surface area contributed by atoms with E-state index in [0.29, 0.717) is 5.69 Å². The van der Waals surface area contributed by atoms with Gasteiger partial charge in [-0.05, 0) is 49.9 Å². The van der Waals surface area contributed by atoms with E-state index >= 15 is 0 Å². The van der Waals surface area contributed by atoms with Crippen molar-refractivity contribution in [3.63, 3.8) is 0 Å². The predicted octanol–water partition coefficient (Wildman–Crippen LogP) is 4.57. The van der Waals surface area contributed by atoms with Gasteiger partial charge >= 0.3 is 0 Å². The highest BCUT2D eigenvalue weighted by molar-refractivity contribution is 5.47. The summed E-state index contributed by atoms with van der Waals surface area (Å²) in [7, 11) is 0. The minimum absolute atomic E-state index is 0.183. The first-order valence-electron chi connectivity index (χ1n) is 6.72. The van der Waals surface area contributed by atoms with E-state index in [1.54, 1.807) is 6.07 Å². The summed E-state index contributed by atoms with van der Waals surface area (Å²) in [5.41, 5.74) is 2.99. The molecule has 1 N–H and O–H groups in total. The Morgan fingerprint density at radius 2 is 1.84 bits per heavy atom. The van der Waals surface area contributed by atoms with Gasteiger partial charge in [0.1, 0.15) is 5.82 Å². The molecule has 0 radical (unpaired) electrons. The molecule has 0 heterocycles. The highest BCUT2D eigenvalue weighted by Gasteiger charge is 2.06. The first-order valence-corrected chi connectivity index (χ1v) is 6.72. The minimum atomic E-state index is -0.183. The number of anilines is 1. The SMILES string of the molecule is Cc1ccc(F)c(NC(C)CCc2ccccc2)c1. The standard InChI is InChI=1S/C17H20FN/c1-13-8-11-16(18)17(12-13)19-14(2)9-10-15-6-4-3-5-7-15/h3-8,11-12,14,19H,9-10H2,1-2H3. The smallest absolute Gasteiger partial charge is 0.146 e. The quantitative estimate of drug-likeness (QED) is 0.827. The molecule has 0 spiro atoms. The Hall–Kier alpha value is -1.83. The van der Waals surface area contributed by atoms with Crippen LogP contribution >= 0.6 is 0 Å². The number of hydrogen-bond acceptors (Lipinski definition) is 1. The predicted molar refractivity (Wildman–Crippen MR) is 79.0 cm³/mol. The fourth-order valence-electron chi connectivity index (χ4n) is 2.12. The maximum Gasteiger partial charge on any atom is 0.146 e. The lowest BCUT2D eigenvalue weighted by Crippen LogP contribution is -2.17. The van der Waals surface area contributed by atoms with Crippen molar-refractivity contribution in [1.29, 1.82) is 0 Å². The van der Waals surface area contributed by atoms with Gasteiger partial charge in [0.2, 0.25) is 0 Å². The largest absolute Gasteiger partial charge is 0.380 e. The zero-order valence-electron chi connectivity index (χ0n) is 11.5. The van der Waals surface area contributed by atoms with Crippen LogP contribution in [0.3, 0.4) is 0 Å². The van der Waals surface area contributed by atoms with Gasteiger partial charge in [-0.3, -0.25) is 0 Å². The van der Waals surface area contributed by atoms with Gasteiger partial charge in [-0.1, -0.05) is 36.4 Å². The minimum Gasteiger partial charge on any atom is -0.380 e. The second kappa shape index (κ2) is 6.37. The summed E-state index contributed by atoms with van der Waals surface area (Å²) in [5, 5.41) is 3.25. The molecule has 1 unspecified atom stereocenters. The summed E-state index contributed by atoms with van der Waals surface area (Å²) in [6, 6.07) is 15.8. The highest BCUT2D eigenvalue weighted by Crippen LogP contribution is 2.18. The summed E-state index contributed by atoms with van der Waals surface area (Å²) in [5.74, 6) is -0.183. The van der Waals surface area contributed by atoms with E-state index < -0.39 is 0 Å². The molecule has 0 aliphatic carbocycles. The molecule has 0 aliphatic heterocycles. The van der Waals surface area contributed by atoms with Crippen molar-refractivity contribution < 1.29 is 4.39 Å². The van der Waals surface area contributed by atoms with Crippen molar-refractivity contribution in [2.75, 3.05) is 5.32 Å². The Morgan fingerprint density at radius 1 is 1.11 bits per heavy atom. The summed E-state index contributed by atoms with van der Waals surface area (Å²) >= 11 is 0. The third-order valence-corrected chi connectivity index (χ3v) is 3.23. The normalized spacial score (nSPS) is 12.2. The van der Waals surface area contributed by atoms with Gasteiger partial charge in [0.15, 0.2) is 0 Å². The Morgan fingerprint density at radius 3 is 2.58 bits per heavy atom. The van der Waals surface area contributed by atoms with Crippen molar-refractivity contribution in [3.8, 4) is 0 Å². The molecule has 2 aromatic rings. The molecule has 0 saturated carbocycles. The third-order valence-electron chi connectivity index (χ3n) is 3.23. The molecule has 0 amide bonds. The fraction of sp³-hybridized carbons (Fsp3) is 0.294. The maximum atomic E-state index is 13.6. The van der Waals surface area contributed by atoms with E-state index in [1.165, 1.54) is 11.6 Å². The van der Waals surface area contributed by atoms with Crippen molar-refractivity contribution in [2.45, 2.75) is 32.7 Å². The molecule has 1 nitrogen and oxygen atoms in total. The summed E-state index contributed by atoms with van der Waals surface area (Å²) in [4.78, 5) is 0. The van der Waals surface area contributed by atoms with E-state index in [0.717, 1.165) is 18.4 Å². The van der Waals surface area contributed by atoms with Gasteiger partial charge < -0.3 is 5.32 Å². The van der Waals surface area contributed by atoms with Gasteiger partial charge in [-0.15, -0.1) is 0 Å². The average Bonchev–Trinajstić information content (AvgIpc) is 2.42. The van der Waals surface area contributed by atoms with Crippen LogP contribution in [0.25, 0.3) is 0 Å². The first kappa shape index (κ1) is 13.6. The molecule has 0 bridgehead atoms. The number of halogens is 1. The average molecular weight is 257 g/mol. The van der Waals surface area contributed by atoms with Crippen LogP contribution in [-0.2, 0) is 6.42 Å². The van der Waals surface area contributed by atoms with Crippen molar-refractivity contribution in [2.24, 2.45) is 0 Å². The molecule has 19 heavy (non-hydrogen) atoms. The summed E-state index contributed by atoms with van der Waals surface area (Å²) in [6.07, 6.45) is 1.99. The van der Waals surface area contributed by atoms with Crippen LogP contribution in [0.4, 0.5) is 10.1 Å². The van der Waals surface area contributed by atoms with Crippen molar-refractivity contribution >= 4 is 5.69 Å². The van der Waals surface area contributed by atoms with Crippen LogP contribution in [0.2, 0.25) is 0 Å². The number of benzene rings is 2. The Bertz CT molecular complexity index is 522. The zero-order valence-corrected chi connectivity index (χ0v) is 11.5. The molecule has 2 aromatic carbocycles. The Balaban J connectivity index is 1.90. The molecule has 100 valence electrons. The van der Waals surface area contributed by atoms with Crippen LogP contribution in [0.15, 0.2) is 48.5 Å². The molecule has 0 aliphatic rings. The molecule has 2 rings (SSSR count). The Labute approximate surface area is 114 Å². The summed E-state index contributed by atoms with van der Waals surface area (Å²) in [6.45, 7) is 4.06. The topological polar surface area (TPSA) is 12.0 Å². The third kappa shape index (κ3) is 4.09. The van der Waals surface area contributed by atoms with Crippen molar-refractivity contribution in [1.82, 2.24) is 0 Å². The lowest BCUT2D eigenvalue weighted by atomic mass is 10.1. The van der Waals surface area contributed by atoms with Gasteiger partial charge in [0, 0.05) is 6.04 Å². The molecular formula is C17H20FN. The van der Waals surface area contributed by atoms with Gasteiger partial charge in [-0.2, -0.15) is 0 Å². The van der Waals surface area contributed by atoms with E-state index in [9.17, 15) is 4.39 Å². The molecule has 2 heteroatoms. The van der Waals surface area contributed by atoms with Gasteiger partial charge in [0.05, 0.1) is 5.69 Å². The van der Waals surface area contributed by atoms with Crippen molar-refractivity contribution in [3.05, 3.63) is 65.5 Å².